The van der Waals surface area contributed by atoms with E-state index in [2.05, 4.69) is 22.5 Å². The first-order chi connectivity index (χ1) is 8.69. The molecule has 2 bridgehead atoms. The number of aromatic nitrogens is 1. The Hall–Kier alpha value is -1.48. The summed E-state index contributed by atoms with van der Waals surface area (Å²) in [5.41, 5.74) is 2.84. The van der Waals surface area contributed by atoms with Gasteiger partial charge in [0.1, 0.15) is 0 Å². The van der Waals surface area contributed by atoms with Crippen LogP contribution < -0.4 is 10.6 Å². The Morgan fingerprint density at radius 3 is 3.17 bits per heavy atom. The van der Waals surface area contributed by atoms with Crippen molar-refractivity contribution >= 4 is 12.7 Å². The van der Waals surface area contributed by atoms with Crippen LogP contribution in [0.15, 0.2) is 11.8 Å². The van der Waals surface area contributed by atoms with Crippen LogP contribution in [0.25, 0.3) is 12.7 Å². The number of hydrogen-bond acceptors (Lipinski definition) is 2. The minimum atomic E-state index is 0.687. The zero-order valence-corrected chi connectivity index (χ0v) is 11.1. The summed E-state index contributed by atoms with van der Waals surface area (Å²) >= 11 is 0. The second-order valence-corrected chi connectivity index (χ2v) is 5.28. The van der Waals surface area contributed by atoms with E-state index in [1.54, 1.807) is 7.11 Å². The minimum absolute atomic E-state index is 0.687. The molecule has 2 aliphatic heterocycles. The number of hydrogen-bond donors (Lipinski definition) is 1. The number of nitrogens with one attached hydrogen (secondary N) is 1. The van der Waals surface area contributed by atoms with Crippen molar-refractivity contribution in [2.24, 2.45) is 0 Å². The molecule has 0 aliphatic carbocycles. The molecule has 0 saturated carbocycles. The molecule has 2 aliphatic rings. The number of aromatic amines is 1. The maximum absolute atomic E-state index is 5.15. The van der Waals surface area contributed by atoms with Crippen molar-refractivity contribution in [3.63, 3.8) is 0 Å². The fraction of sp³-hybridized carbons (Fsp3) is 0.467. The molecule has 0 aromatic carbocycles. The Labute approximate surface area is 107 Å². The zero-order chi connectivity index (χ0) is 12.7. The van der Waals surface area contributed by atoms with Crippen LogP contribution in [0.5, 0.6) is 0 Å². The molecular formula is C15H20N2O. The Balaban J connectivity index is 2.06. The summed E-state index contributed by atoms with van der Waals surface area (Å²) in [6.07, 6.45) is 5.34. The van der Waals surface area contributed by atoms with Gasteiger partial charge in [-0.1, -0.05) is 6.58 Å². The van der Waals surface area contributed by atoms with Crippen LogP contribution in [0.4, 0.5) is 0 Å². The largest absolute Gasteiger partial charge is 0.501 e. The van der Waals surface area contributed by atoms with Crippen LogP contribution >= 0.6 is 0 Å². The van der Waals surface area contributed by atoms with Gasteiger partial charge >= 0.3 is 0 Å². The van der Waals surface area contributed by atoms with Gasteiger partial charge in [-0.3, -0.25) is 4.90 Å². The second kappa shape index (κ2) is 4.32. The molecule has 3 heterocycles. The van der Waals surface area contributed by atoms with E-state index in [4.69, 9.17) is 4.74 Å². The van der Waals surface area contributed by atoms with E-state index >= 15 is 0 Å². The summed E-state index contributed by atoms with van der Waals surface area (Å²) in [5.74, 6) is 1.60. The minimum Gasteiger partial charge on any atom is -0.501 e. The van der Waals surface area contributed by atoms with Gasteiger partial charge in [-0.2, -0.15) is 0 Å². The molecule has 3 nitrogen and oxygen atoms in total. The first-order valence-electron chi connectivity index (χ1n) is 6.53. The van der Waals surface area contributed by atoms with Gasteiger partial charge in [0, 0.05) is 30.1 Å². The molecular weight excluding hydrogens is 224 g/mol. The van der Waals surface area contributed by atoms with Crippen LogP contribution in [-0.2, 0) is 11.3 Å². The van der Waals surface area contributed by atoms with E-state index in [0.29, 0.717) is 5.92 Å². The number of H-pyrrole nitrogens is 1. The third-order valence-corrected chi connectivity index (χ3v) is 4.13. The molecule has 0 radical (unpaired) electrons. The third kappa shape index (κ3) is 1.79. The smallest absolute Gasteiger partial charge is 0.0925 e. The van der Waals surface area contributed by atoms with Gasteiger partial charge in [-0.25, -0.2) is 0 Å². The highest BCUT2D eigenvalue weighted by atomic mass is 16.5. The topological polar surface area (TPSA) is 28.3 Å². The number of methoxy groups -OCH3 is 1. The quantitative estimate of drug-likeness (QED) is 0.788. The Kier molecular flexibility index (Phi) is 2.78. The molecule has 1 saturated heterocycles. The molecule has 1 aromatic rings. The molecule has 96 valence electrons. The maximum Gasteiger partial charge on any atom is 0.0925 e. The lowest BCUT2D eigenvalue weighted by molar-refractivity contribution is 0.294. The summed E-state index contributed by atoms with van der Waals surface area (Å²) in [5, 5.41) is 2.31. The van der Waals surface area contributed by atoms with Crippen molar-refractivity contribution in [3.05, 3.63) is 33.7 Å². The molecule has 3 rings (SSSR count). The van der Waals surface area contributed by atoms with Crippen LogP contribution in [-0.4, -0.2) is 30.1 Å². The summed E-state index contributed by atoms with van der Waals surface area (Å²) in [6.45, 7) is 9.71. The predicted octanol–water partition coefficient (Wildman–Crippen LogP) is 1.06. The van der Waals surface area contributed by atoms with Gasteiger partial charge in [0.25, 0.3) is 0 Å². The van der Waals surface area contributed by atoms with Crippen LogP contribution in [0.2, 0.25) is 0 Å². The van der Waals surface area contributed by atoms with E-state index in [1.807, 2.05) is 13.0 Å². The lowest BCUT2D eigenvalue weighted by atomic mass is 9.95. The SMILES string of the molecule is C=c1c2c([nH]/c1=C/C=C(\C)OC)CN1CCC2C1. The summed E-state index contributed by atoms with van der Waals surface area (Å²) in [7, 11) is 1.69. The van der Waals surface area contributed by atoms with Crippen molar-refractivity contribution in [2.75, 3.05) is 20.2 Å². The number of rotatable bonds is 2. The summed E-state index contributed by atoms with van der Waals surface area (Å²) in [6, 6.07) is 0. The molecule has 2 unspecified atom stereocenters. The number of fused-ring (bicyclic) bond motifs is 4. The average Bonchev–Trinajstić information content (AvgIpc) is 2.89. The van der Waals surface area contributed by atoms with Crippen molar-refractivity contribution in [1.82, 2.24) is 9.88 Å². The second-order valence-electron chi connectivity index (χ2n) is 5.28. The summed E-state index contributed by atoms with van der Waals surface area (Å²) in [4.78, 5) is 6.04. The fourth-order valence-corrected chi connectivity index (χ4v) is 3.10. The fourth-order valence-electron chi connectivity index (χ4n) is 3.10. The predicted molar refractivity (Wildman–Crippen MR) is 73.4 cm³/mol. The number of nitrogens with zero attached hydrogens (tertiary/aromatic N) is 1. The van der Waals surface area contributed by atoms with E-state index in [9.17, 15) is 0 Å². The molecule has 1 aromatic heterocycles. The average molecular weight is 244 g/mol. The van der Waals surface area contributed by atoms with E-state index in [1.165, 1.54) is 36.0 Å². The monoisotopic (exact) mass is 244 g/mol. The van der Waals surface area contributed by atoms with E-state index in [0.717, 1.165) is 17.7 Å². The van der Waals surface area contributed by atoms with Crippen molar-refractivity contribution in [3.8, 4) is 0 Å². The standard InChI is InChI=1S/C15H20N2O/c1-10(18-3)4-5-13-11(2)15-12-6-7-17(8-12)9-14(15)16-13/h4-5,12,16H,2,6-9H2,1,3H3/b10-4+,13-5+. The summed E-state index contributed by atoms with van der Waals surface area (Å²) < 4.78 is 5.15. The van der Waals surface area contributed by atoms with Gasteiger partial charge in [-0.05, 0) is 42.8 Å². The molecule has 18 heavy (non-hydrogen) atoms. The highest BCUT2D eigenvalue weighted by Crippen LogP contribution is 2.32. The molecule has 0 amide bonds. The molecule has 0 spiro atoms. The van der Waals surface area contributed by atoms with Gasteiger partial charge in [0.15, 0.2) is 0 Å². The van der Waals surface area contributed by atoms with Gasteiger partial charge in [-0.15, -0.1) is 0 Å². The third-order valence-electron chi connectivity index (χ3n) is 4.13. The van der Waals surface area contributed by atoms with E-state index < -0.39 is 0 Å². The van der Waals surface area contributed by atoms with E-state index in [-0.39, 0.29) is 0 Å². The van der Waals surface area contributed by atoms with Crippen LogP contribution in [0, 0.1) is 0 Å². The number of allylic oxidation sites excluding steroid dienone is 2. The van der Waals surface area contributed by atoms with Gasteiger partial charge < -0.3 is 9.72 Å². The van der Waals surface area contributed by atoms with Gasteiger partial charge in [0.2, 0.25) is 0 Å². The Bertz CT molecular complexity index is 597. The first kappa shape index (κ1) is 11.6. The highest BCUT2D eigenvalue weighted by Gasteiger charge is 2.32. The zero-order valence-electron chi connectivity index (χ0n) is 11.1. The molecule has 3 heteroatoms. The highest BCUT2D eigenvalue weighted by molar-refractivity contribution is 5.42. The normalized spacial score (nSPS) is 27.4. The Morgan fingerprint density at radius 1 is 1.56 bits per heavy atom. The van der Waals surface area contributed by atoms with Crippen molar-refractivity contribution in [2.45, 2.75) is 25.8 Å². The Morgan fingerprint density at radius 2 is 2.39 bits per heavy atom. The van der Waals surface area contributed by atoms with Gasteiger partial charge in [0.05, 0.1) is 12.9 Å². The lowest BCUT2D eigenvalue weighted by Gasteiger charge is -2.22. The van der Waals surface area contributed by atoms with Crippen molar-refractivity contribution in [1.29, 1.82) is 0 Å². The van der Waals surface area contributed by atoms with Crippen molar-refractivity contribution < 1.29 is 4.74 Å². The molecule has 1 N–H and O–H groups in total. The maximum atomic E-state index is 5.15. The van der Waals surface area contributed by atoms with Crippen LogP contribution in [0.3, 0.4) is 0 Å². The lowest BCUT2D eigenvalue weighted by Crippen LogP contribution is -2.28. The number of ether oxygens (including phenoxy) is 1. The molecule has 2 atom stereocenters. The van der Waals surface area contributed by atoms with Crippen LogP contribution in [0.1, 0.15) is 30.5 Å². The molecule has 1 fully saturated rings. The first-order valence-corrected chi connectivity index (χ1v) is 6.53.